The maximum Gasteiger partial charge on any atom is 0.0482 e. The van der Waals surface area contributed by atoms with E-state index in [4.69, 9.17) is 0 Å². The molecule has 1 fully saturated rings. The Morgan fingerprint density at radius 3 is 2.84 bits per heavy atom. The summed E-state index contributed by atoms with van der Waals surface area (Å²) in [5.41, 5.74) is 1.24. The van der Waals surface area contributed by atoms with Crippen molar-refractivity contribution in [2.45, 2.75) is 12.8 Å². The normalized spacial score (nSPS) is 16.8. The zero-order chi connectivity index (χ0) is 12.9. The monoisotopic (exact) mass is 255 g/mol. The Kier molecular flexibility index (Phi) is 4.06. The number of aromatic nitrogens is 1. The Bertz CT molecular complexity index is 527. The van der Waals surface area contributed by atoms with Crippen molar-refractivity contribution in [3.63, 3.8) is 0 Å². The van der Waals surface area contributed by atoms with Gasteiger partial charge in [-0.05, 0) is 30.8 Å². The Morgan fingerprint density at radius 2 is 1.95 bits per heavy atom. The molecule has 0 saturated carbocycles. The Labute approximate surface area is 114 Å². The molecule has 2 heterocycles. The van der Waals surface area contributed by atoms with Crippen LogP contribution in [0.5, 0.6) is 0 Å². The first-order chi connectivity index (χ1) is 9.43. The summed E-state index contributed by atoms with van der Waals surface area (Å²) in [6.45, 7) is 5.82. The molecule has 2 aromatic rings. The van der Waals surface area contributed by atoms with Gasteiger partial charge >= 0.3 is 0 Å². The van der Waals surface area contributed by atoms with E-state index in [1.807, 2.05) is 6.20 Å². The van der Waals surface area contributed by atoms with Gasteiger partial charge in [-0.1, -0.05) is 24.3 Å². The number of benzene rings is 1. The molecule has 1 aliphatic rings. The van der Waals surface area contributed by atoms with Crippen LogP contribution in [0.1, 0.15) is 12.1 Å². The maximum absolute atomic E-state index is 4.56. The quantitative estimate of drug-likeness (QED) is 0.906. The van der Waals surface area contributed by atoms with Gasteiger partial charge in [0, 0.05) is 43.5 Å². The number of hydrogen-bond donors (Lipinski definition) is 1. The lowest BCUT2D eigenvalue weighted by atomic mass is 10.1. The molecular weight excluding hydrogens is 234 g/mol. The maximum atomic E-state index is 4.56. The summed E-state index contributed by atoms with van der Waals surface area (Å²) in [5, 5.41) is 6.00. The molecular formula is C16H21N3. The van der Waals surface area contributed by atoms with Gasteiger partial charge in [-0.25, -0.2) is 0 Å². The summed E-state index contributed by atoms with van der Waals surface area (Å²) in [7, 11) is 0. The number of hydrogen-bond acceptors (Lipinski definition) is 3. The Hall–Kier alpha value is -1.45. The molecule has 0 radical (unpaired) electrons. The highest BCUT2D eigenvalue weighted by Gasteiger charge is 2.09. The molecule has 0 amide bonds. The molecule has 0 spiro atoms. The number of aryl methyl sites for hydroxylation is 1. The fourth-order valence-corrected chi connectivity index (χ4v) is 2.79. The van der Waals surface area contributed by atoms with Gasteiger partial charge in [0.05, 0.1) is 0 Å². The Morgan fingerprint density at radius 1 is 1.11 bits per heavy atom. The lowest BCUT2D eigenvalue weighted by molar-refractivity contribution is 0.238. The average Bonchev–Trinajstić information content (AvgIpc) is 2.49. The molecule has 3 nitrogen and oxygen atoms in total. The van der Waals surface area contributed by atoms with Gasteiger partial charge in [-0.15, -0.1) is 0 Å². The van der Waals surface area contributed by atoms with Crippen molar-refractivity contribution >= 4 is 10.8 Å². The van der Waals surface area contributed by atoms with E-state index in [-0.39, 0.29) is 0 Å². The molecule has 100 valence electrons. The zero-order valence-electron chi connectivity index (χ0n) is 11.3. The molecule has 3 rings (SSSR count). The first-order valence-corrected chi connectivity index (χ1v) is 7.19. The van der Waals surface area contributed by atoms with Crippen LogP contribution in [0.2, 0.25) is 0 Å². The van der Waals surface area contributed by atoms with Crippen molar-refractivity contribution in [1.82, 2.24) is 15.2 Å². The van der Waals surface area contributed by atoms with E-state index in [9.17, 15) is 0 Å². The molecule has 19 heavy (non-hydrogen) atoms. The highest BCUT2D eigenvalue weighted by Crippen LogP contribution is 2.17. The lowest BCUT2D eigenvalue weighted by Crippen LogP contribution is -2.43. The predicted molar refractivity (Wildman–Crippen MR) is 79.4 cm³/mol. The molecule has 1 aliphatic heterocycles. The van der Waals surface area contributed by atoms with Gasteiger partial charge in [0.25, 0.3) is 0 Å². The SMILES string of the molecule is c1ccc2c(CCCN3CCNCC3)nccc2c1. The van der Waals surface area contributed by atoms with E-state index in [0.717, 1.165) is 19.5 Å². The minimum atomic E-state index is 1.07. The molecule has 0 atom stereocenters. The molecule has 1 N–H and O–H groups in total. The number of piperazine rings is 1. The van der Waals surface area contributed by atoms with E-state index in [2.05, 4.69) is 45.5 Å². The van der Waals surface area contributed by atoms with E-state index >= 15 is 0 Å². The van der Waals surface area contributed by atoms with Crippen LogP contribution in [0, 0.1) is 0 Å². The minimum absolute atomic E-state index is 1.07. The number of rotatable bonds is 4. The van der Waals surface area contributed by atoms with Gasteiger partial charge in [-0.3, -0.25) is 4.98 Å². The number of nitrogens with one attached hydrogen (secondary N) is 1. The molecule has 0 bridgehead atoms. The first-order valence-electron chi connectivity index (χ1n) is 7.19. The van der Waals surface area contributed by atoms with Crippen molar-refractivity contribution < 1.29 is 0 Å². The van der Waals surface area contributed by atoms with E-state index in [0.29, 0.717) is 0 Å². The van der Waals surface area contributed by atoms with Crippen LogP contribution in [0.15, 0.2) is 36.5 Å². The van der Waals surface area contributed by atoms with Gasteiger partial charge in [0.2, 0.25) is 0 Å². The second kappa shape index (κ2) is 6.13. The van der Waals surface area contributed by atoms with Crippen LogP contribution in [0.3, 0.4) is 0 Å². The third-order valence-corrected chi connectivity index (χ3v) is 3.85. The molecule has 1 aromatic heterocycles. The van der Waals surface area contributed by atoms with E-state index < -0.39 is 0 Å². The third kappa shape index (κ3) is 3.11. The second-order valence-corrected chi connectivity index (χ2v) is 5.17. The van der Waals surface area contributed by atoms with E-state index in [1.54, 1.807) is 0 Å². The van der Waals surface area contributed by atoms with E-state index in [1.165, 1.54) is 42.5 Å². The zero-order valence-corrected chi connectivity index (χ0v) is 11.3. The second-order valence-electron chi connectivity index (χ2n) is 5.17. The van der Waals surface area contributed by atoms with Gasteiger partial charge in [-0.2, -0.15) is 0 Å². The topological polar surface area (TPSA) is 28.2 Å². The van der Waals surface area contributed by atoms with Crippen LogP contribution in [-0.2, 0) is 6.42 Å². The summed E-state index contributed by atoms with van der Waals surface area (Å²) in [6, 6.07) is 10.6. The molecule has 0 aliphatic carbocycles. The van der Waals surface area contributed by atoms with Crippen molar-refractivity contribution in [3.8, 4) is 0 Å². The highest BCUT2D eigenvalue weighted by atomic mass is 15.2. The smallest absolute Gasteiger partial charge is 0.0482 e. The number of pyridine rings is 1. The molecule has 3 heteroatoms. The van der Waals surface area contributed by atoms with Crippen molar-refractivity contribution in [2.75, 3.05) is 32.7 Å². The van der Waals surface area contributed by atoms with Gasteiger partial charge in [0.15, 0.2) is 0 Å². The number of nitrogens with zero attached hydrogens (tertiary/aromatic N) is 2. The highest BCUT2D eigenvalue weighted by molar-refractivity contribution is 5.84. The van der Waals surface area contributed by atoms with Crippen molar-refractivity contribution in [2.24, 2.45) is 0 Å². The van der Waals surface area contributed by atoms with Crippen LogP contribution in [0.4, 0.5) is 0 Å². The lowest BCUT2D eigenvalue weighted by Gasteiger charge is -2.27. The van der Waals surface area contributed by atoms with Crippen LogP contribution < -0.4 is 5.32 Å². The number of fused-ring (bicyclic) bond motifs is 1. The third-order valence-electron chi connectivity index (χ3n) is 3.85. The van der Waals surface area contributed by atoms with Crippen LogP contribution in [-0.4, -0.2) is 42.6 Å². The largest absolute Gasteiger partial charge is 0.314 e. The summed E-state index contributed by atoms with van der Waals surface area (Å²) < 4.78 is 0. The van der Waals surface area contributed by atoms with Gasteiger partial charge in [0.1, 0.15) is 0 Å². The molecule has 1 saturated heterocycles. The summed E-state index contributed by atoms with van der Waals surface area (Å²) in [6.07, 6.45) is 4.20. The standard InChI is InChI=1S/C16H21N3/c1-2-5-15-14(4-1)7-8-18-16(15)6-3-11-19-12-9-17-10-13-19/h1-2,4-5,7-8,17H,3,6,9-13H2. The molecule has 0 unspecified atom stereocenters. The van der Waals surface area contributed by atoms with Gasteiger partial charge < -0.3 is 10.2 Å². The fraction of sp³-hybridized carbons (Fsp3) is 0.438. The summed E-state index contributed by atoms with van der Waals surface area (Å²) in [4.78, 5) is 7.10. The van der Waals surface area contributed by atoms with Crippen LogP contribution >= 0.6 is 0 Å². The van der Waals surface area contributed by atoms with Crippen molar-refractivity contribution in [1.29, 1.82) is 0 Å². The minimum Gasteiger partial charge on any atom is -0.314 e. The molecule has 1 aromatic carbocycles. The average molecular weight is 255 g/mol. The Balaban J connectivity index is 1.62. The fourth-order valence-electron chi connectivity index (χ4n) is 2.79. The predicted octanol–water partition coefficient (Wildman–Crippen LogP) is 2.07. The summed E-state index contributed by atoms with van der Waals surface area (Å²) in [5.74, 6) is 0. The van der Waals surface area contributed by atoms with Crippen molar-refractivity contribution in [3.05, 3.63) is 42.2 Å². The van der Waals surface area contributed by atoms with Crippen LogP contribution in [0.25, 0.3) is 10.8 Å². The first kappa shape index (κ1) is 12.6. The summed E-state index contributed by atoms with van der Waals surface area (Å²) >= 11 is 0.